The number of hydrogen-bond acceptors (Lipinski definition) is 2. The van der Waals surface area contributed by atoms with E-state index in [1.807, 2.05) is 18.2 Å². The molecule has 94 valence electrons. The predicted molar refractivity (Wildman–Crippen MR) is 77.7 cm³/mol. The SMILES string of the molecule is COc1ccc(CNCc2ccccc2Br)cc1. The molecule has 0 aromatic heterocycles. The van der Waals surface area contributed by atoms with Gasteiger partial charge in [-0.15, -0.1) is 0 Å². The van der Waals surface area contributed by atoms with Crippen LogP contribution in [0.15, 0.2) is 53.0 Å². The van der Waals surface area contributed by atoms with Crippen molar-refractivity contribution in [3.8, 4) is 5.75 Å². The van der Waals surface area contributed by atoms with Crippen LogP contribution < -0.4 is 10.1 Å². The van der Waals surface area contributed by atoms with Crippen LogP contribution in [0.4, 0.5) is 0 Å². The minimum Gasteiger partial charge on any atom is -0.497 e. The highest BCUT2D eigenvalue weighted by molar-refractivity contribution is 9.10. The third kappa shape index (κ3) is 3.59. The molecule has 3 heteroatoms. The van der Waals surface area contributed by atoms with Crippen molar-refractivity contribution in [1.82, 2.24) is 5.32 Å². The molecule has 0 aliphatic heterocycles. The zero-order chi connectivity index (χ0) is 12.8. The summed E-state index contributed by atoms with van der Waals surface area (Å²) < 4.78 is 6.28. The van der Waals surface area contributed by atoms with E-state index < -0.39 is 0 Å². The van der Waals surface area contributed by atoms with E-state index in [9.17, 15) is 0 Å². The summed E-state index contributed by atoms with van der Waals surface area (Å²) in [5.41, 5.74) is 2.52. The van der Waals surface area contributed by atoms with Gasteiger partial charge in [0.2, 0.25) is 0 Å². The van der Waals surface area contributed by atoms with Crippen LogP contribution in [-0.4, -0.2) is 7.11 Å². The Kier molecular flexibility index (Phi) is 4.79. The van der Waals surface area contributed by atoms with Gasteiger partial charge in [0.05, 0.1) is 7.11 Å². The van der Waals surface area contributed by atoms with Gasteiger partial charge in [0.15, 0.2) is 0 Å². The third-order valence-electron chi connectivity index (χ3n) is 2.76. The van der Waals surface area contributed by atoms with Crippen molar-refractivity contribution in [2.45, 2.75) is 13.1 Å². The fourth-order valence-corrected chi connectivity index (χ4v) is 2.15. The Balaban J connectivity index is 1.86. The van der Waals surface area contributed by atoms with E-state index in [1.165, 1.54) is 11.1 Å². The van der Waals surface area contributed by atoms with Crippen molar-refractivity contribution in [2.24, 2.45) is 0 Å². The lowest BCUT2D eigenvalue weighted by Gasteiger charge is -2.07. The summed E-state index contributed by atoms with van der Waals surface area (Å²) in [6, 6.07) is 16.4. The van der Waals surface area contributed by atoms with Crippen LogP contribution in [0.3, 0.4) is 0 Å². The maximum atomic E-state index is 5.13. The van der Waals surface area contributed by atoms with E-state index in [2.05, 4.69) is 51.6 Å². The maximum Gasteiger partial charge on any atom is 0.118 e. The molecule has 0 spiro atoms. The van der Waals surface area contributed by atoms with Gasteiger partial charge in [-0.1, -0.05) is 46.3 Å². The van der Waals surface area contributed by atoms with Gasteiger partial charge in [0.1, 0.15) is 5.75 Å². The minimum absolute atomic E-state index is 0.853. The lowest BCUT2D eigenvalue weighted by atomic mass is 10.2. The molecule has 0 heterocycles. The zero-order valence-electron chi connectivity index (χ0n) is 10.3. The molecule has 0 bridgehead atoms. The van der Waals surface area contributed by atoms with Gasteiger partial charge in [-0.05, 0) is 29.3 Å². The van der Waals surface area contributed by atoms with Crippen LogP contribution in [0.5, 0.6) is 5.75 Å². The van der Waals surface area contributed by atoms with E-state index in [0.29, 0.717) is 0 Å². The molecule has 0 atom stereocenters. The zero-order valence-corrected chi connectivity index (χ0v) is 11.9. The van der Waals surface area contributed by atoms with Crippen molar-refractivity contribution >= 4 is 15.9 Å². The number of halogens is 1. The van der Waals surface area contributed by atoms with Crippen LogP contribution in [0.1, 0.15) is 11.1 Å². The molecule has 0 amide bonds. The van der Waals surface area contributed by atoms with E-state index in [1.54, 1.807) is 7.11 Å². The first-order chi connectivity index (χ1) is 8.79. The molecule has 18 heavy (non-hydrogen) atoms. The lowest BCUT2D eigenvalue weighted by Crippen LogP contribution is -2.12. The second-order valence-electron chi connectivity index (χ2n) is 4.04. The summed E-state index contributed by atoms with van der Waals surface area (Å²) in [7, 11) is 1.68. The lowest BCUT2D eigenvalue weighted by molar-refractivity contribution is 0.414. The molecule has 1 N–H and O–H groups in total. The summed E-state index contributed by atoms with van der Waals surface area (Å²) in [6.45, 7) is 1.71. The van der Waals surface area contributed by atoms with Crippen molar-refractivity contribution in [2.75, 3.05) is 7.11 Å². The second-order valence-corrected chi connectivity index (χ2v) is 4.90. The van der Waals surface area contributed by atoms with Crippen LogP contribution in [-0.2, 0) is 13.1 Å². The molecule has 0 saturated heterocycles. The van der Waals surface area contributed by atoms with Crippen molar-refractivity contribution < 1.29 is 4.74 Å². The summed E-state index contributed by atoms with van der Waals surface area (Å²) in [5, 5.41) is 3.43. The molecule has 2 nitrogen and oxygen atoms in total. The fraction of sp³-hybridized carbons (Fsp3) is 0.200. The largest absolute Gasteiger partial charge is 0.497 e. The number of rotatable bonds is 5. The fourth-order valence-electron chi connectivity index (χ4n) is 1.73. The average Bonchev–Trinajstić information content (AvgIpc) is 2.42. The Labute approximate surface area is 116 Å². The molecule has 0 unspecified atom stereocenters. The smallest absolute Gasteiger partial charge is 0.118 e. The van der Waals surface area contributed by atoms with Crippen LogP contribution in [0, 0.1) is 0 Å². The number of nitrogens with one attached hydrogen (secondary N) is 1. The van der Waals surface area contributed by atoms with Crippen molar-refractivity contribution in [3.05, 3.63) is 64.1 Å². The normalized spacial score (nSPS) is 10.3. The first-order valence-corrected chi connectivity index (χ1v) is 6.66. The topological polar surface area (TPSA) is 21.3 Å². The van der Waals surface area contributed by atoms with E-state index >= 15 is 0 Å². The van der Waals surface area contributed by atoms with Gasteiger partial charge < -0.3 is 10.1 Å². The highest BCUT2D eigenvalue weighted by atomic mass is 79.9. The van der Waals surface area contributed by atoms with E-state index in [-0.39, 0.29) is 0 Å². The Morgan fingerprint density at radius 1 is 1.00 bits per heavy atom. The monoisotopic (exact) mass is 305 g/mol. The van der Waals surface area contributed by atoms with Crippen molar-refractivity contribution in [1.29, 1.82) is 0 Å². The molecule has 0 saturated carbocycles. The first kappa shape index (κ1) is 13.1. The molecular formula is C15H16BrNO. The summed E-state index contributed by atoms with van der Waals surface area (Å²) in [4.78, 5) is 0. The molecule has 2 rings (SSSR count). The predicted octanol–water partition coefficient (Wildman–Crippen LogP) is 3.75. The Bertz CT molecular complexity index is 496. The Morgan fingerprint density at radius 3 is 2.39 bits per heavy atom. The summed E-state index contributed by atoms with van der Waals surface area (Å²) in [6.07, 6.45) is 0. The van der Waals surface area contributed by atoms with Crippen LogP contribution >= 0.6 is 15.9 Å². The maximum absolute atomic E-state index is 5.13. The third-order valence-corrected chi connectivity index (χ3v) is 3.54. The van der Waals surface area contributed by atoms with E-state index in [4.69, 9.17) is 4.74 Å². The van der Waals surface area contributed by atoms with Gasteiger partial charge >= 0.3 is 0 Å². The molecule has 2 aromatic carbocycles. The van der Waals surface area contributed by atoms with Gasteiger partial charge in [-0.3, -0.25) is 0 Å². The number of ether oxygens (including phenoxy) is 1. The number of hydrogen-bond donors (Lipinski definition) is 1. The molecule has 2 aromatic rings. The Morgan fingerprint density at radius 2 is 1.72 bits per heavy atom. The van der Waals surface area contributed by atoms with Gasteiger partial charge in [0, 0.05) is 17.6 Å². The molecule has 0 radical (unpaired) electrons. The number of methoxy groups -OCH3 is 1. The highest BCUT2D eigenvalue weighted by Crippen LogP contribution is 2.16. The number of benzene rings is 2. The molecule has 0 aliphatic carbocycles. The quantitative estimate of drug-likeness (QED) is 0.908. The summed E-state index contributed by atoms with van der Waals surface area (Å²) in [5.74, 6) is 0.893. The van der Waals surface area contributed by atoms with Gasteiger partial charge in [0.25, 0.3) is 0 Å². The van der Waals surface area contributed by atoms with Gasteiger partial charge in [-0.2, -0.15) is 0 Å². The minimum atomic E-state index is 0.853. The van der Waals surface area contributed by atoms with E-state index in [0.717, 1.165) is 23.3 Å². The average molecular weight is 306 g/mol. The highest BCUT2D eigenvalue weighted by Gasteiger charge is 1.98. The molecule has 0 fully saturated rings. The molecular weight excluding hydrogens is 290 g/mol. The Hall–Kier alpha value is -1.32. The molecule has 0 aliphatic rings. The van der Waals surface area contributed by atoms with Crippen molar-refractivity contribution in [3.63, 3.8) is 0 Å². The first-order valence-electron chi connectivity index (χ1n) is 5.86. The summed E-state index contributed by atoms with van der Waals surface area (Å²) >= 11 is 3.55. The standard InChI is InChI=1S/C15H16BrNO/c1-18-14-8-6-12(7-9-14)10-17-11-13-4-2-3-5-15(13)16/h2-9,17H,10-11H2,1H3. The van der Waals surface area contributed by atoms with Crippen LogP contribution in [0.25, 0.3) is 0 Å². The van der Waals surface area contributed by atoms with Crippen LogP contribution in [0.2, 0.25) is 0 Å². The second kappa shape index (κ2) is 6.57. The van der Waals surface area contributed by atoms with Gasteiger partial charge in [-0.25, -0.2) is 0 Å².